The first-order chi connectivity index (χ1) is 5.40. The van der Waals surface area contributed by atoms with Gasteiger partial charge in [-0.1, -0.05) is 19.8 Å². The summed E-state index contributed by atoms with van der Waals surface area (Å²) in [5.74, 6) is 2.15. The third-order valence-electron chi connectivity index (χ3n) is 3.50. The number of fused-ring (bicyclic) bond motifs is 1. The molecule has 0 bridgehead atoms. The van der Waals surface area contributed by atoms with Gasteiger partial charge in [-0.25, -0.2) is 0 Å². The molecule has 1 saturated carbocycles. The van der Waals surface area contributed by atoms with E-state index in [2.05, 4.69) is 11.8 Å². The summed E-state index contributed by atoms with van der Waals surface area (Å²) >= 11 is 0. The Hall–Kier alpha value is -0.0400. The Balaban J connectivity index is 1.92. The lowest BCUT2D eigenvalue weighted by Gasteiger charge is -2.23. The van der Waals surface area contributed by atoms with Gasteiger partial charge in [0.2, 0.25) is 0 Å². The molecule has 64 valence electrons. The monoisotopic (exact) mass is 153 g/mol. The van der Waals surface area contributed by atoms with Crippen LogP contribution in [0.15, 0.2) is 0 Å². The van der Waals surface area contributed by atoms with E-state index >= 15 is 0 Å². The smallest absolute Gasteiger partial charge is 0.00128 e. The fourth-order valence-corrected chi connectivity index (χ4v) is 2.76. The molecule has 11 heavy (non-hydrogen) atoms. The molecule has 0 aromatic heterocycles. The quantitative estimate of drug-likeness (QED) is 0.558. The fraction of sp³-hybridized carbons (Fsp3) is 1.00. The van der Waals surface area contributed by atoms with Crippen LogP contribution in [0.3, 0.4) is 0 Å². The molecule has 0 N–H and O–H groups in total. The molecule has 0 aromatic rings. The van der Waals surface area contributed by atoms with Crippen molar-refractivity contribution in [3.8, 4) is 0 Å². The highest BCUT2D eigenvalue weighted by Gasteiger charge is 2.33. The second kappa shape index (κ2) is 3.14. The van der Waals surface area contributed by atoms with Gasteiger partial charge in [0.15, 0.2) is 0 Å². The van der Waals surface area contributed by atoms with Crippen LogP contribution >= 0.6 is 0 Å². The van der Waals surface area contributed by atoms with Crippen molar-refractivity contribution in [2.45, 2.75) is 32.6 Å². The van der Waals surface area contributed by atoms with E-state index in [-0.39, 0.29) is 0 Å². The molecule has 0 amide bonds. The molecule has 0 aromatic carbocycles. The third-order valence-corrected chi connectivity index (χ3v) is 3.50. The lowest BCUT2D eigenvalue weighted by molar-refractivity contribution is 0.299. The average Bonchev–Trinajstić information content (AvgIpc) is 2.46. The van der Waals surface area contributed by atoms with Crippen molar-refractivity contribution in [2.75, 3.05) is 19.6 Å². The summed E-state index contributed by atoms with van der Waals surface area (Å²) in [6.07, 6.45) is 6.03. The lowest BCUT2D eigenvalue weighted by atomic mass is 9.82. The number of nitrogens with zero attached hydrogens (tertiary/aromatic N) is 1. The molecule has 2 atom stereocenters. The zero-order valence-electron chi connectivity index (χ0n) is 7.55. The molecule has 1 nitrogen and oxygen atoms in total. The normalized spacial score (nSPS) is 39.0. The van der Waals surface area contributed by atoms with E-state index in [1.54, 1.807) is 0 Å². The minimum absolute atomic E-state index is 1.07. The standard InChI is InChI=1S/C10H19N/c1-2-11-7-9-5-3-4-6-10(9)8-11/h9-10H,2-8H2,1H3. The summed E-state index contributed by atoms with van der Waals surface area (Å²) in [7, 11) is 0. The second-order valence-corrected chi connectivity index (χ2v) is 4.16. The molecule has 1 heteroatoms. The molecule has 0 radical (unpaired) electrons. The van der Waals surface area contributed by atoms with Crippen molar-refractivity contribution in [2.24, 2.45) is 11.8 Å². The van der Waals surface area contributed by atoms with E-state index in [1.807, 2.05) is 0 Å². The Labute approximate surface area is 69.8 Å². The summed E-state index contributed by atoms with van der Waals surface area (Å²) in [5, 5.41) is 0. The first-order valence-electron chi connectivity index (χ1n) is 5.12. The summed E-state index contributed by atoms with van der Waals surface area (Å²) in [4.78, 5) is 2.63. The van der Waals surface area contributed by atoms with Gasteiger partial charge in [-0.05, 0) is 31.2 Å². The molecule has 1 aliphatic heterocycles. The highest BCUT2D eigenvalue weighted by molar-refractivity contribution is 4.85. The molecule has 2 unspecified atom stereocenters. The van der Waals surface area contributed by atoms with Crippen molar-refractivity contribution in [1.29, 1.82) is 0 Å². The zero-order chi connectivity index (χ0) is 7.68. The molecule has 2 aliphatic rings. The molecule has 0 spiro atoms. The van der Waals surface area contributed by atoms with E-state index in [0.717, 1.165) is 11.8 Å². The van der Waals surface area contributed by atoms with E-state index in [4.69, 9.17) is 0 Å². The molecule has 2 rings (SSSR count). The van der Waals surface area contributed by atoms with Gasteiger partial charge in [-0.2, -0.15) is 0 Å². The summed E-state index contributed by atoms with van der Waals surface area (Å²) in [6, 6.07) is 0. The van der Waals surface area contributed by atoms with Crippen molar-refractivity contribution in [3.63, 3.8) is 0 Å². The van der Waals surface area contributed by atoms with Gasteiger partial charge in [-0.3, -0.25) is 0 Å². The van der Waals surface area contributed by atoms with Crippen LogP contribution in [0.25, 0.3) is 0 Å². The maximum atomic E-state index is 2.63. The van der Waals surface area contributed by atoms with Gasteiger partial charge in [0.05, 0.1) is 0 Å². The van der Waals surface area contributed by atoms with E-state index < -0.39 is 0 Å². The predicted molar refractivity (Wildman–Crippen MR) is 47.6 cm³/mol. The minimum atomic E-state index is 1.07. The summed E-state index contributed by atoms with van der Waals surface area (Å²) in [5.41, 5.74) is 0. The Bertz CT molecular complexity index is 119. The Morgan fingerprint density at radius 1 is 1.09 bits per heavy atom. The number of likely N-dealkylation sites (tertiary alicyclic amines) is 1. The van der Waals surface area contributed by atoms with Crippen LogP contribution < -0.4 is 0 Å². The largest absolute Gasteiger partial charge is 0.303 e. The second-order valence-electron chi connectivity index (χ2n) is 4.16. The SMILES string of the molecule is CCN1CC2CCCCC2C1. The van der Waals surface area contributed by atoms with Gasteiger partial charge in [-0.15, -0.1) is 0 Å². The summed E-state index contributed by atoms with van der Waals surface area (Å²) in [6.45, 7) is 6.37. The molecule has 1 aliphatic carbocycles. The first kappa shape index (κ1) is 7.60. The zero-order valence-corrected chi connectivity index (χ0v) is 7.55. The maximum absolute atomic E-state index is 2.63. The molecule has 2 fully saturated rings. The number of hydrogen-bond donors (Lipinski definition) is 0. The van der Waals surface area contributed by atoms with Crippen LogP contribution in [0, 0.1) is 11.8 Å². The van der Waals surface area contributed by atoms with Crippen molar-refractivity contribution < 1.29 is 0 Å². The third kappa shape index (κ3) is 1.44. The van der Waals surface area contributed by atoms with Gasteiger partial charge >= 0.3 is 0 Å². The van der Waals surface area contributed by atoms with Crippen LogP contribution in [0.1, 0.15) is 32.6 Å². The van der Waals surface area contributed by atoms with Crippen LogP contribution in [0.4, 0.5) is 0 Å². The maximum Gasteiger partial charge on any atom is 0.00128 e. The van der Waals surface area contributed by atoms with Crippen molar-refractivity contribution >= 4 is 0 Å². The number of hydrogen-bond acceptors (Lipinski definition) is 1. The highest BCUT2D eigenvalue weighted by atomic mass is 15.1. The van der Waals surface area contributed by atoms with Crippen LogP contribution in [0.2, 0.25) is 0 Å². The van der Waals surface area contributed by atoms with Crippen molar-refractivity contribution in [1.82, 2.24) is 4.90 Å². The Morgan fingerprint density at radius 3 is 2.09 bits per heavy atom. The van der Waals surface area contributed by atoms with E-state index in [9.17, 15) is 0 Å². The van der Waals surface area contributed by atoms with Gasteiger partial charge in [0, 0.05) is 13.1 Å². The Morgan fingerprint density at radius 2 is 1.64 bits per heavy atom. The Kier molecular flexibility index (Phi) is 2.17. The van der Waals surface area contributed by atoms with Gasteiger partial charge in [0.25, 0.3) is 0 Å². The van der Waals surface area contributed by atoms with Gasteiger partial charge < -0.3 is 4.90 Å². The molecule has 1 heterocycles. The lowest BCUT2D eigenvalue weighted by Crippen LogP contribution is -2.19. The topological polar surface area (TPSA) is 3.24 Å². The van der Waals surface area contributed by atoms with Crippen LogP contribution in [0.5, 0.6) is 0 Å². The fourth-order valence-electron chi connectivity index (χ4n) is 2.76. The van der Waals surface area contributed by atoms with Crippen LogP contribution in [-0.4, -0.2) is 24.5 Å². The van der Waals surface area contributed by atoms with Gasteiger partial charge in [0.1, 0.15) is 0 Å². The van der Waals surface area contributed by atoms with E-state index in [1.165, 1.54) is 45.3 Å². The predicted octanol–water partition coefficient (Wildman–Crippen LogP) is 2.13. The van der Waals surface area contributed by atoms with E-state index in [0.29, 0.717) is 0 Å². The summed E-state index contributed by atoms with van der Waals surface area (Å²) < 4.78 is 0. The first-order valence-corrected chi connectivity index (χ1v) is 5.12. The highest BCUT2D eigenvalue weighted by Crippen LogP contribution is 2.35. The molecular formula is C10H19N. The molecule has 1 saturated heterocycles. The number of rotatable bonds is 1. The molecular weight excluding hydrogens is 134 g/mol. The average molecular weight is 153 g/mol. The minimum Gasteiger partial charge on any atom is -0.303 e. The van der Waals surface area contributed by atoms with Crippen molar-refractivity contribution in [3.05, 3.63) is 0 Å². The van der Waals surface area contributed by atoms with Crippen LogP contribution in [-0.2, 0) is 0 Å².